The molecule has 0 aromatic carbocycles. The van der Waals surface area contributed by atoms with Gasteiger partial charge in [-0.1, -0.05) is 181 Å². The van der Waals surface area contributed by atoms with Crippen molar-refractivity contribution in [3.05, 3.63) is 0 Å². The van der Waals surface area contributed by atoms with Gasteiger partial charge in [0.05, 0.1) is 5.92 Å². The molecule has 0 aliphatic rings. The molecule has 0 bridgehead atoms. The molecule has 0 rings (SSSR count). The standard InChI is InChI=1S/C35H68O2/c1-4-6-8-10-12-14-16-18-19-20-22-24-26-28-30-32-35(37)34(33(3)36)31-29-27-25-23-21-17-15-13-11-9-7-5-2/h34H,4-32H2,1-3H3. The van der Waals surface area contributed by atoms with Gasteiger partial charge in [-0.25, -0.2) is 0 Å². The van der Waals surface area contributed by atoms with Crippen molar-refractivity contribution in [1.29, 1.82) is 0 Å². The molecule has 0 spiro atoms. The van der Waals surface area contributed by atoms with E-state index in [1.54, 1.807) is 6.92 Å². The van der Waals surface area contributed by atoms with Crippen LogP contribution in [-0.4, -0.2) is 11.6 Å². The van der Waals surface area contributed by atoms with E-state index >= 15 is 0 Å². The molecule has 2 nitrogen and oxygen atoms in total. The Balaban J connectivity index is 3.54. The smallest absolute Gasteiger partial charge is 0.143 e. The summed E-state index contributed by atoms with van der Waals surface area (Å²) in [4.78, 5) is 24.7. The topological polar surface area (TPSA) is 34.1 Å². The van der Waals surface area contributed by atoms with Crippen LogP contribution in [-0.2, 0) is 9.59 Å². The van der Waals surface area contributed by atoms with Crippen LogP contribution in [0.5, 0.6) is 0 Å². The maximum absolute atomic E-state index is 12.6. The van der Waals surface area contributed by atoms with Gasteiger partial charge in [0.15, 0.2) is 0 Å². The average Bonchev–Trinajstić information content (AvgIpc) is 2.88. The van der Waals surface area contributed by atoms with E-state index < -0.39 is 0 Å². The van der Waals surface area contributed by atoms with E-state index in [4.69, 9.17) is 0 Å². The zero-order valence-electron chi connectivity index (χ0n) is 25.9. The molecule has 2 heteroatoms. The minimum absolute atomic E-state index is 0.0917. The van der Waals surface area contributed by atoms with Gasteiger partial charge in [-0.2, -0.15) is 0 Å². The predicted molar refractivity (Wildman–Crippen MR) is 164 cm³/mol. The number of rotatable bonds is 31. The van der Waals surface area contributed by atoms with Gasteiger partial charge < -0.3 is 0 Å². The summed E-state index contributed by atoms with van der Waals surface area (Å²) in [7, 11) is 0. The fourth-order valence-electron chi connectivity index (χ4n) is 5.63. The van der Waals surface area contributed by atoms with Crippen LogP contribution in [0.15, 0.2) is 0 Å². The molecular weight excluding hydrogens is 452 g/mol. The summed E-state index contributed by atoms with van der Waals surface area (Å²) >= 11 is 0. The van der Waals surface area contributed by atoms with Crippen molar-refractivity contribution in [3.8, 4) is 0 Å². The monoisotopic (exact) mass is 521 g/mol. The average molecular weight is 521 g/mol. The third-order valence-electron chi connectivity index (χ3n) is 8.25. The lowest BCUT2D eigenvalue weighted by molar-refractivity contribution is -0.132. The summed E-state index contributed by atoms with van der Waals surface area (Å²) < 4.78 is 0. The number of ketones is 2. The van der Waals surface area contributed by atoms with Gasteiger partial charge in [0.2, 0.25) is 0 Å². The molecule has 0 aromatic heterocycles. The van der Waals surface area contributed by atoms with E-state index in [1.807, 2.05) is 0 Å². The highest BCUT2D eigenvalue weighted by Gasteiger charge is 2.21. The molecule has 0 aromatic rings. The zero-order chi connectivity index (χ0) is 27.2. The number of hydrogen-bond acceptors (Lipinski definition) is 2. The van der Waals surface area contributed by atoms with Crippen LogP contribution in [0, 0.1) is 5.92 Å². The molecule has 1 unspecified atom stereocenters. The molecule has 1 atom stereocenters. The molecule has 0 saturated carbocycles. The summed E-state index contributed by atoms with van der Waals surface area (Å²) in [5.41, 5.74) is 0. The SMILES string of the molecule is CCCCCCCCCCCCCCCCCC(=O)C(CCCCCCCCCCCCCC)C(C)=O. The molecule has 0 aliphatic carbocycles. The number of unbranched alkanes of at least 4 members (excludes halogenated alkanes) is 25. The van der Waals surface area contributed by atoms with E-state index in [2.05, 4.69) is 13.8 Å². The highest BCUT2D eigenvalue weighted by Crippen LogP contribution is 2.19. The van der Waals surface area contributed by atoms with Crippen LogP contribution in [0.2, 0.25) is 0 Å². The Hall–Kier alpha value is -0.660. The molecular formula is C35H68O2. The van der Waals surface area contributed by atoms with Gasteiger partial charge in [0, 0.05) is 6.42 Å². The molecule has 0 radical (unpaired) electrons. The van der Waals surface area contributed by atoms with E-state index in [1.165, 1.54) is 154 Å². The lowest BCUT2D eigenvalue weighted by Crippen LogP contribution is -2.21. The quantitative estimate of drug-likeness (QED) is 0.0672. The number of hydrogen-bond donors (Lipinski definition) is 0. The lowest BCUT2D eigenvalue weighted by atomic mass is 9.90. The highest BCUT2D eigenvalue weighted by molar-refractivity contribution is 6.01. The first-order valence-corrected chi connectivity index (χ1v) is 17.2. The van der Waals surface area contributed by atoms with E-state index in [9.17, 15) is 9.59 Å². The van der Waals surface area contributed by atoms with Crippen LogP contribution < -0.4 is 0 Å². The normalized spacial score (nSPS) is 12.2. The molecule has 0 amide bonds. The van der Waals surface area contributed by atoms with Gasteiger partial charge in [-0.3, -0.25) is 9.59 Å². The first-order valence-electron chi connectivity index (χ1n) is 17.2. The van der Waals surface area contributed by atoms with Crippen molar-refractivity contribution >= 4 is 11.6 Å². The summed E-state index contributed by atoms with van der Waals surface area (Å²) in [6, 6.07) is 0. The number of Topliss-reactive ketones (excluding diaryl/α,β-unsaturated/α-hetero) is 2. The number of carbonyl (C=O) groups excluding carboxylic acids is 2. The Morgan fingerprint density at radius 1 is 0.405 bits per heavy atom. The Kier molecular flexibility index (Phi) is 29.4. The second-order valence-electron chi connectivity index (χ2n) is 12.0. The third-order valence-corrected chi connectivity index (χ3v) is 8.25. The van der Waals surface area contributed by atoms with Crippen molar-refractivity contribution in [3.63, 3.8) is 0 Å². The third kappa shape index (κ3) is 26.7. The first-order chi connectivity index (χ1) is 18.1. The van der Waals surface area contributed by atoms with Crippen molar-refractivity contribution < 1.29 is 9.59 Å². The second kappa shape index (κ2) is 29.9. The zero-order valence-corrected chi connectivity index (χ0v) is 25.9. The van der Waals surface area contributed by atoms with Crippen molar-refractivity contribution in [2.75, 3.05) is 0 Å². The molecule has 0 saturated heterocycles. The molecule has 0 heterocycles. The Bertz CT molecular complexity index is 484. The second-order valence-corrected chi connectivity index (χ2v) is 12.0. The van der Waals surface area contributed by atoms with Crippen molar-refractivity contribution in [2.45, 2.75) is 207 Å². The largest absolute Gasteiger partial charge is 0.299 e. The van der Waals surface area contributed by atoms with Gasteiger partial charge in [0.1, 0.15) is 11.6 Å². The molecule has 0 fully saturated rings. The Labute approximate surface area is 233 Å². The van der Waals surface area contributed by atoms with Gasteiger partial charge in [-0.05, 0) is 19.8 Å². The lowest BCUT2D eigenvalue weighted by Gasteiger charge is -2.12. The van der Waals surface area contributed by atoms with E-state index in [-0.39, 0.29) is 17.5 Å². The molecule has 0 aliphatic heterocycles. The van der Waals surface area contributed by atoms with Gasteiger partial charge in [0.25, 0.3) is 0 Å². The molecule has 37 heavy (non-hydrogen) atoms. The Morgan fingerprint density at radius 3 is 0.973 bits per heavy atom. The van der Waals surface area contributed by atoms with Gasteiger partial charge in [-0.15, -0.1) is 0 Å². The van der Waals surface area contributed by atoms with Crippen molar-refractivity contribution in [1.82, 2.24) is 0 Å². The van der Waals surface area contributed by atoms with Crippen LogP contribution in [0.4, 0.5) is 0 Å². The molecule has 220 valence electrons. The number of carbonyl (C=O) groups is 2. The first kappa shape index (κ1) is 36.3. The maximum atomic E-state index is 12.6. The molecule has 0 N–H and O–H groups in total. The fourth-order valence-corrected chi connectivity index (χ4v) is 5.63. The minimum atomic E-state index is -0.324. The maximum Gasteiger partial charge on any atom is 0.143 e. The highest BCUT2D eigenvalue weighted by atomic mass is 16.1. The van der Waals surface area contributed by atoms with E-state index in [0.717, 1.165) is 25.7 Å². The summed E-state index contributed by atoms with van der Waals surface area (Å²) in [6.45, 7) is 6.18. The van der Waals surface area contributed by atoms with E-state index in [0.29, 0.717) is 6.42 Å². The minimum Gasteiger partial charge on any atom is -0.299 e. The summed E-state index contributed by atoms with van der Waals surface area (Å²) in [6.07, 6.45) is 37.3. The summed E-state index contributed by atoms with van der Waals surface area (Å²) in [5, 5.41) is 0. The van der Waals surface area contributed by atoms with Crippen LogP contribution in [0.3, 0.4) is 0 Å². The van der Waals surface area contributed by atoms with Crippen molar-refractivity contribution in [2.24, 2.45) is 5.92 Å². The Morgan fingerprint density at radius 2 is 0.676 bits per heavy atom. The van der Waals surface area contributed by atoms with Crippen LogP contribution in [0.25, 0.3) is 0 Å². The van der Waals surface area contributed by atoms with Gasteiger partial charge >= 0.3 is 0 Å². The van der Waals surface area contributed by atoms with Crippen LogP contribution in [0.1, 0.15) is 207 Å². The predicted octanol–water partition coefficient (Wildman–Crippen LogP) is 12.1. The van der Waals surface area contributed by atoms with Crippen LogP contribution >= 0.6 is 0 Å². The summed E-state index contributed by atoms with van der Waals surface area (Å²) in [5.74, 6) is -0.0194. The fraction of sp³-hybridized carbons (Fsp3) is 0.943.